The van der Waals surface area contributed by atoms with Gasteiger partial charge in [-0.3, -0.25) is 9.59 Å². The van der Waals surface area contributed by atoms with E-state index in [4.69, 9.17) is 5.11 Å². The van der Waals surface area contributed by atoms with Crippen LogP contribution in [0.4, 0.5) is 4.79 Å². The van der Waals surface area contributed by atoms with E-state index in [1.807, 2.05) is 15.5 Å². The van der Waals surface area contributed by atoms with E-state index in [9.17, 15) is 14.4 Å². The molecular formula is C18H25N3O4. The molecule has 136 valence electrons. The summed E-state index contributed by atoms with van der Waals surface area (Å²) in [7, 11) is 0. The van der Waals surface area contributed by atoms with Gasteiger partial charge in [-0.05, 0) is 31.2 Å². The number of hydrogen-bond donors (Lipinski definition) is 2. The van der Waals surface area contributed by atoms with Crippen molar-refractivity contribution in [2.75, 3.05) is 19.6 Å². The highest BCUT2D eigenvalue weighted by molar-refractivity contribution is 5.74. The van der Waals surface area contributed by atoms with Crippen molar-refractivity contribution < 1.29 is 14.7 Å². The molecule has 0 aromatic carbocycles. The molecule has 25 heavy (non-hydrogen) atoms. The Morgan fingerprint density at radius 2 is 2.00 bits per heavy atom. The molecule has 0 spiro atoms. The number of amides is 2. The first kappa shape index (κ1) is 17.5. The van der Waals surface area contributed by atoms with Crippen molar-refractivity contribution in [1.29, 1.82) is 0 Å². The lowest BCUT2D eigenvalue weighted by atomic mass is 9.83. The first-order valence-corrected chi connectivity index (χ1v) is 8.99. The van der Waals surface area contributed by atoms with Gasteiger partial charge in [0.15, 0.2) is 0 Å². The van der Waals surface area contributed by atoms with E-state index in [0.717, 1.165) is 25.0 Å². The van der Waals surface area contributed by atoms with Gasteiger partial charge in [-0.15, -0.1) is 0 Å². The molecule has 2 aliphatic rings. The van der Waals surface area contributed by atoms with Gasteiger partial charge in [0.25, 0.3) is 5.56 Å². The number of nitrogens with one attached hydrogen (secondary N) is 1. The molecule has 2 N–H and O–H groups in total. The Labute approximate surface area is 146 Å². The Morgan fingerprint density at radius 3 is 2.80 bits per heavy atom. The number of aromatic nitrogens is 1. The fourth-order valence-corrected chi connectivity index (χ4v) is 3.95. The van der Waals surface area contributed by atoms with Crippen molar-refractivity contribution >= 4 is 12.0 Å². The predicted molar refractivity (Wildman–Crippen MR) is 92.6 cm³/mol. The maximum absolute atomic E-state index is 12.4. The molecule has 7 heteroatoms. The van der Waals surface area contributed by atoms with Gasteiger partial charge in [-0.2, -0.15) is 0 Å². The Morgan fingerprint density at radius 1 is 1.16 bits per heavy atom. The second-order valence-electron chi connectivity index (χ2n) is 7.04. The third kappa shape index (κ3) is 4.21. The molecule has 3 heterocycles. The Hall–Kier alpha value is -2.31. The minimum Gasteiger partial charge on any atom is -0.481 e. The van der Waals surface area contributed by atoms with Crippen LogP contribution < -0.4 is 10.9 Å². The highest BCUT2D eigenvalue weighted by Gasteiger charge is 2.36. The molecule has 2 atom stereocenters. The number of carboxylic acid groups (broad SMARTS) is 1. The second kappa shape index (κ2) is 7.72. The van der Waals surface area contributed by atoms with Crippen LogP contribution in [-0.4, -0.2) is 46.2 Å². The third-order valence-corrected chi connectivity index (χ3v) is 5.11. The second-order valence-corrected chi connectivity index (χ2v) is 7.04. The fraction of sp³-hybridized carbons (Fsp3) is 0.611. The number of carbonyl (C=O) groups excluding carboxylic acids is 1. The number of piperidine rings is 1. The number of urea groups is 1. The van der Waals surface area contributed by atoms with Gasteiger partial charge in [-0.1, -0.05) is 12.5 Å². The number of nitrogens with zero attached hydrogens (tertiary/aromatic N) is 2. The summed E-state index contributed by atoms with van der Waals surface area (Å²) in [6.45, 7) is 2.58. The van der Waals surface area contributed by atoms with Crippen LogP contribution in [0.3, 0.4) is 0 Å². The largest absolute Gasteiger partial charge is 0.481 e. The molecule has 1 fully saturated rings. The summed E-state index contributed by atoms with van der Waals surface area (Å²) in [4.78, 5) is 36.7. The van der Waals surface area contributed by atoms with Crippen molar-refractivity contribution in [1.82, 2.24) is 14.8 Å². The highest BCUT2D eigenvalue weighted by Crippen LogP contribution is 2.34. The van der Waals surface area contributed by atoms with Gasteiger partial charge < -0.3 is 19.9 Å². The molecule has 2 amide bonds. The van der Waals surface area contributed by atoms with Crippen molar-refractivity contribution in [3.05, 3.63) is 34.2 Å². The van der Waals surface area contributed by atoms with E-state index in [-0.39, 0.29) is 23.9 Å². The number of unbranched alkanes of at least 4 members (excludes halogenated alkanes) is 2. The van der Waals surface area contributed by atoms with E-state index in [2.05, 4.69) is 5.32 Å². The molecule has 2 bridgehead atoms. The van der Waals surface area contributed by atoms with Crippen molar-refractivity contribution in [3.63, 3.8) is 0 Å². The number of carboxylic acids is 1. The molecule has 1 aromatic rings. The van der Waals surface area contributed by atoms with E-state index < -0.39 is 5.97 Å². The van der Waals surface area contributed by atoms with Gasteiger partial charge >= 0.3 is 12.0 Å². The van der Waals surface area contributed by atoms with Crippen LogP contribution in [0.2, 0.25) is 0 Å². The molecular weight excluding hydrogens is 322 g/mol. The van der Waals surface area contributed by atoms with E-state index in [0.29, 0.717) is 38.5 Å². The molecule has 7 nitrogen and oxygen atoms in total. The summed E-state index contributed by atoms with van der Waals surface area (Å²) in [5, 5.41) is 11.5. The van der Waals surface area contributed by atoms with E-state index >= 15 is 0 Å². The number of aliphatic carboxylic acids is 1. The minimum atomic E-state index is -0.775. The molecule has 0 aliphatic carbocycles. The summed E-state index contributed by atoms with van der Waals surface area (Å²) in [6.07, 6.45) is 3.45. The van der Waals surface area contributed by atoms with Crippen LogP contribution in [0, 0.1) is 5.92 Å². The van der Waals surface area contributed by atoms with Crippen LogP contribution >= 0.6 is 0 Å². The first-order valence-electron chi connectivity index (χ1n) is 8.99. The lowest BCUT2D eigenvalue weighted by molar-refractivity contribution is -0.137. The number of hydrogen-bond acceptors (Lipinski definition) is 3. The van der Waals surface area contributed by atoms with Crippen molar-refractivity contribution in [3.8, 4) is 0 Å². The van der Waals surface area contributed by atoms with Crippen LogP contribution in [0.1, 0.15) is 43.7 Å². The van der Waals surface area contributed by atoms with Gasteiger partial charge in [0.05, 0.1) is 0 Å². The summed E-state index contributed by atoms with van der Waals surface area (Å²) >= 11 is 0. The lowest BCUT2D eigenvalue weighted by Crippen LogP contribution is -2.52. The smallest absolute Gasteiger partial charge is 0.317 e. The number of rotatable bonds is 6. The molecule has 1 saturated heterocycles. The maximum atomic E-state index is 12.4. The Bertz CT molecular complexity index is 700. The zero-order valence-electron chi connectivity index (χ0n) is 14.3. The van der Waals surface area contributed by atoms with Gasteiger partial charge in [0.1, 0.15) is 0 Å². The number of pyridine rings is 1. The fourth-order valence-electron chi connectivity index (χ4n) is 3.95. The summed E-state index contributed by atoms with van der Waals surface area (Å²) in [5.41, 5.74) is 1.08. The molecule has 3 rings (SSSR count). The topological polar surface area (TPSA) is 91.6 Å². The normalized spacial score (nSPS) is 21.5. The standard InChI is InChI=1S/C18H25N3O4/c22-16-6-4-5-15-14-9-13(11-21(15)16)10-20(12-14)18(25)19-8-3-1-2-7-17(23)24/h4-6,13-14H,1-3,7-12H2,(H,19,25)(H,23,24)/t13-,14-/m1/s1. The summed E-state index contributed by atoms with van der Waals surface area (Å²) in [6, 6.07) is 5.33. The summed E-state index contributed by atoms with van der Waals surface area (Å²) < 4.78 is 1.86. The molecule has 2 aliphatic heterocycles. The van der Waals surface area contributed by atoms with Crippen LogP contribution in [0.15, 0.2) is 23.0 Å². The Kier molecular flexibility index (Phi) is 5.40. The van der Waals surface area contributed by atoms with Crippen LogP contribution in [0.5, 0.6) is 0 Å². The SMILES string of the molecule is O=C(O)CCCCCNC(=O)N1C[C@H]2C[C@H](C1)c1cccc(=O)n1C2. The lowest BCUT2D eigenvalue weighted by Gasteiger charge is -2.42. The monoisotopic (exact) mass is 347 g/mol. The molecule has 1 aromatic heterocycles. The van der Waals surface area contributed by atoms with Gasteiger partial charge in [0.2, 0.25) is 0 Å². The van der Waals surface area contributed by atoms with Gasteiger partial charge in [-0.25, -0.2) is 4.79 Å². The number of fused-ring (bicyclic) bond motifs is 4. The van der Waals surface area contributed by atoms with Gasteiger partial charge in [0, 0.05) is 50.3 Å². The average Bonchev–Trinajstić information content (AvgIpc) is 2.58. The number of carbonyl (C=O) groups is 2. The third-order valence-electron chi connectivity index (χ3n) is 5.11. The average molecular weight is 347 g/mol. The van der Waals surface area contributed by atoms with E-state index in [1.165, 1.54) is 0 Å². The Balaban J connectivity index is 1.50. The van der Waals surface area contributed by atoms with Crippen molar-refractivity contribution in [2.24, 2.45) is 5.92 Å². The van der Waals surface area contributed by atoms with Crippen molar-refractivity contribution in [2.45, 2.75) is 44.6 Å². The zero-order valence-corrected chi connectivity index (χ0v) is 14.3. The first-order chi connectivity index (χ1) is 12.0. The predicted octanol–water partition coefficient (Wildman–Crippen LogP) is 1.62. The number of likely N-dealkylation sites (tertiary alicyclic amines) is 1. The maximum Gasteiger partial charge on any atom is 0.317 e. The quantitative estimate of drug-likeness (QED) is 0.765. The molecule has 0 radical (unpaired) electrons. The van der Waals surface area contributed by atoms with Crippen LogP contribution in [-0.2, 0) is 11.3 Å². The minimum absolute atomic E-state index is 0.0477. The zero-order chi connectivity index (χ0) is 17.8. The summed E-state index contributed by atoms with van der Waals surface area (Å²) in [5.74, 6) is -0.223. The van der Waals surface area contributed by atoms with Crippen LogP contribution in [0.25, 0.3) is 0 Å². The molecule has 0 saturated carbocycles. The van der Waals surface area contributed by atoms with E-state index in [1.54, 1.807) is 12.1 Å². The molecule has 0 unspecified atom stereocenters. The highest BCUT2D eigenvalue weighted by atomic mass is 16.4.